The van der Waals surface area contributed by atoms with Crippen LogP contribution in [0.2, 0.25) is 0 Å². The molecule has 0 atom stereocenters. The number of hydrogen-bond donors (Lipinski definition) is 2. The van der Waals surface area contributed by atoms with Crippen LogP contribution >= 0.6 is 0 Å². The van der Waals surface area contributed by atoms with E-state index >= 15 is 0 Å². The Balaban J connectivity index is 1.43. The molecule has 0 saturated carbocycles. The van der Waals surface area contributed by atoms with Gasteiger partial charge in [0.1, 0.15) is 11.0 Å². The maximum atomic E-state index is 12.8. The molecule has 2 aromatic heterocycles. The number of aryl methyl sites for hydroxylation is 3. The molecule has 4 aromatic rings. The first-order chi connectivity index (χ1) is 14.0. The predicted octanol–water partition coefficient (Wildman–Crippen LogP) is 3.46. The summed E-state index contributed by atoms with van der Waals surface area (Å²) in [6, 6.07) is 14.2. The van der Waals surface area contributed by atoms with Gasteiger partial charge in [0, 0.05) is 30.4 Å². The maximum absolute atomic E-state index is 12.8. The molecular weight excluding hydrogens is 364 g/mol. The zero-order valence-electron chi connectivity index (χ0n) is 16.7. The largest absolute Gasteiger partial charge is 0.352 e. The highest BCUT2D eigenvalue weighted by atomic mass is 16.1. The Bertz CT molecular complexity index is 1240. The number of nitrogens with zero attached hydrogens (tertiary/aromatic N) is 2. The molecule has 0 bridgehead atoms. The number of fused-ring (bicyclic) bond motifs is 3. The minimum Gasteiger partial charge on any atom is -0.352 e. The van der Waals surface area contributed by atoms with Gasteiger partial charge in [0.25, 0.3) is 5.56 Å². The molecule has 148 valence electrons. The Morgan fingerprint density at radius 1 is 1.14 bits per heavy atom. The fraction of sp³-hybridized carbons (Fsp3) is 0.261. The summed E-state index contributed by atoms with van der Waals surface area (Å²) >= 11 is 0. The molecular formula is C23H24N4O2. The molecule has 29 heavy (non-hydrogen) atoms. The van der Waals surface area contributed by atoms with Crippen LogP contribution in [0.1, 0.15) is 30.0 Å². The number of amides is 1. The first-order valence-electron chi connectivity index (χ1n) is 9.87. The second-order valence-corrected chi connectivity index (χ2v) is 7.34. The molecule has 6 heteroatoms. The van der Waals surface area contributed by atoms with Crippen LogP contribution in [-0.4, -0.2) is 20.4 Å². The first-order valence-corrected chi connectivity index (χ1v) is 9.87. The molecule has 0 unspecified atom stereocenters. The fourth-order valence-electron chi connectivity index (χ4n) is 3.47. The zero-order valence-corrected chi connectivity index (χ0v) is 16.7. The third-order valence-electron chi connectivity index (χ3n) is 5.23. The number of carbonyl (C=O) groups is 1. The van der Waals surface area contributed by atoms with Crippen molar-refractivity contribution in [3.8, 4) is 0 Å². The van der Waals surface area contributed by atoms with Crippen molar-refractivity contribution in [1.29, 1.82) is 0 Å². The summed E-state index contributed by atoms with van der Waals surface area (Å²) in [5.74, 6) is -0.0937. The second-order valence-electron chi connectivity index (χ2n) is 7.34. The molecule has 0 aliphatic heterocycles. The summed E-state index contributed by atoms with van der Waals surface area (Å²) in [7, 11) is 0. The van der Waals surface area contributed by atoms with E-state index in [0.717, 1.165) is 28.5 Å². The van der Waals surface area contributed by atoms with Crippen molar-refractivity contribution in [3.63, 3.8) is 0 Å². The van der Waals surface area contributed by atoms with E-state index in [-0.39, 0.29) is 24.4 Å². The van der Waals surface area contributed by atoms with Gasteiger partial charge in [-0.05, 0) is 36.6 Å². The molecule has 4 rings (SSSR count). The Hall–Kier alpha value is -3.41. The summed E-state index contributed by atoms with van der Waals surface area (Å²) in [5.41, 5.74) is 5.32. The van der Waals surface area contributed by atoms with Crippen LogP contribution in [0, 0.1) is 6.92 Å². The molecule has 1 amide bonds. The average molecular weight is 388 g/mol. The second kappa shape index (κ2) is 7.91. The SMILES string of the molecule is CCc1ccc(CNC(=O)CCn2cnc3c([nH]c4ccc(C)cc43)c2=O)cc1. The zero-order chi connectivity index (χ0) is 20.4. The Kier molecular flexibility index (Phi) is 5.16. The number of aromatic amines is 1. The highest BCUT2D eigenvalue weighted by Gasteiger charge is 2.12. The minimum atomic E-state index is -0.160. The molecule has 0 aliphatic carbocycles. The van der Waals surface area contributed by atoms with E-state index in [1.165, 1.54) is 16.5 Å². The van der Waals surface area contributed by atoms with Gasteiger partial charge < -0.3 is 10.3 Å². The van der Waals surface area contributed by atoms with Crippen molar-refractivity contribution < 1.29 is 4.79 Å². The topological polar surface area (TPSA) is 79.8 Å². The standard InChI is InChI=1S/C23H24N4O2/c1-3-16-5-7-17(8-6-16)13-24-20(28)10-11-27-14-25-21-18-12-15(2)4-9-19(18)26-22(21)23(27)29/h4-9,12,14,26H,3,10-11,13H2,1-2H3,(H,24,28). The predicted molar refractivity (Wildman–Crippen MR) is 115 cm³/mol. The first kappa shape index (κ1) is 18.9. The summed E-state index contributed by atoms with van der Waals surface area (Å²) < 4.78 is 1.49. The Morgan fingerprint density at radius 3 is 2.66 bits per heavy atom. The van der Waals surface area contributed by atoms with Gasteiger partial charge >= 0.3 is 0 Å². The lowest BCUT2D eigenvalue weighted by Crippen LogP contribution is -2.27. The number of hydrogen-bond acceptors (Lipinski definition) is 3. The van der Waals surface area contributed by atoms with E-state index in [4.69, 9.17) is 0 Å². The number of rotatable bonds is 6. The van der Waals surface area contributed by atoms with Gasteiger partial charge in [-0.1, -0.05) is 42.8 Å². The van der Waals surface area contributed by atoms with E-state index < -0.39 is 0 Å². The molecule has 6 nitrogen and oxygen atoms in total. The van der Waals surface area contributed by atoms with E-state index in [0.29, 0.717) is 17.6 Å². The Morgan fingerprint density at radius 2 is 1.90 bits per heavy atom. The molecule has 0 fully saturated rings. The average Bonchev–Trinajstić information content (AvgIpc) is 3.11. The van der Waals surface area contributed by atoms with Gasteiger partial charge in [-0.3, -0.25) is 14.2 Å². The normalized spacial score (nSPS) is 11.2. The number of benzene rings is 2. The quantitative estimate of drug-likeness (QED) is 0.531. The van der Waals surface area contributed by atoms with Gasteiger partial charge in [0.2, 0.25) is 5.91 Å². The third-order valence-corrected chi connectivity index (χ3v) is 5.23. The van der Waals surface area contributed by atoms with Gasteiger partial charge in [-0.2, -0.15) is 0 Å². The summed E-state index contributed by atoms with van der Waals surface area (Å²) in [5, 5.41) is 3.85. The molecule has 0 spiro atoms. The van der Waals surface area contributed by atoms with E-state index in [9.17, 15) is 9.59 Å². The van der Waals surface area contributed by atoms with E-state index in [1.807, 2.05) is 37.3 Å². The number of nitrogens with one attached hydrogen (secondary N) is 2. The van der Waals surface area contributed by atoms with Crippen LogP contribution in [0.15, 0.2) is 53.6 Å². The highest BCUT2D eigenvalue weighted by Crippen LogP contribution is 2.22. The fourth-order valence-corrected chi connectivity index (χ4v) is 3.47. The van der Waals surface area contributed by atoms with E-state index in [2.05, 4.69) is 34.3 Å². The van der Waals surface area contributed by atoms with Crippen molar-refractivity contribution >= 4 is 27.8 Å². The molecule has 0 saturated heterocycles. The lowest BCUT2D eigenvalue weighted by Gasteiger charge is -2.08. The number of H-pyrrole nitrogens is 1. The lowest BCUT2D eigenvalue weighted by molar-refractivity contribution is -0.121. The van der Waals surface area contributed by atoms with Gasteiger partial charge in [0.05, 0.1) is 6.33 Å². The van der Waals surface area contributed by atoms with Gasteiger partial charge in [-0.15, -0.1) is 0 Å². The van der Waals surface area contributed by atoms with Crippen LogP contribution in [0.25, 0.3) is 21.9 Å². The van der Waals surface area contributed by atoms with Crippen LogP contribution in [-0.2, 0) is 24.3 Å². The monoisotopic (exact) mass is 388 g/mol. The lowest BCUT2D eigenvalue weighted by atomic mass is 10.1. The van der Waals surface area contributed by atoms with Crippen molar-refractivity contribution in [2.45, 2.75) is 39.8 Å². The van der Waals surface area contributed by atoms with E-state index in [1.54, 1.807) is 0 Å². The van der Waals surface area contributed by atoms with Crippen molar-refractivity contribution in [1.82, 2.24) is 19.9 Å². The van der Waals surface area contributed by atoms with Crippen LogP contribution in [0.3, 0.4) is 0 Å². The van der Waals surface area contributed by atoms with Gasteiger partial charge in [-0.25, -0.2) is 4.98 Å². The smallest absolute Gasteiger partial charge is 0.277 e. The summed E-state index contributed by atoms with van der Waals surface area (Å²) in [6.45, 7) is 4.89. The van der Waals surface area contributed by atoms with Crippen molar-refractivity contribution in [2.75, 3.05) is 0 Å². The molecule has 0 radical (unpaired) electrons. The molecule has 2 aromatic carbocycles. The molecule has 0 aliphatic rings. The number of carbonyl (C=O) groups excluding carboxylic acids is 1. The van der Waals surface area contributed by atoms with Crippen molar-refractivity contribution in [3.05, 3.63) is 75.8 Å². The highest BCUT2D eigenvalue weighted by molar-refractivity contribution is 6.04. The Labute approximate surface area is 168 Å². The van der Waals surface area contributed by atoms with Gasteiger partial charge in [0.15, 0.2) is 0 Å². The van der Waals surface area contributed by atoms with Crippen LogP contribution < -0.4 is 10.9 Å². The summed E-state index contributed by atoms with van der Waals surface area (Å²) in [6.07, 6.45) is 2.74. The number of aromatic nitrogens is 3. The molecule has 2 N–H and O–H groups in total. The third kappa shape index (κ3) is 3.92. The molecule has 2 heterocycles. The van der Waals surface area contributed by atoms with Crippen molar-refractivity contribution in [2.24, 2.45) is 0 Å². The minimum absolute atomic E-state index is 0.0937. The summed E-state index contributed by atoms with van der Waals surface area (Å²) in [4.78, 5) is 32.6. The van der Waals surface area contributed by atoms with Crippen LogP contribution in [0.5, 0.6) is 0 Å². The van der Waals surface area contributed by atoms with Crippen LogP contribution in [0.4, 0.5) is 0 Å². The maximum Gasteiger partial charge on any atom is 0.277 e.